The predicted molar refractivity (Wildman–Crippen MR) is 68.3 cm³/mol. The van der Waals surface area contributed by atoms with Gasteiger partial charge in [-0.25, -0.2) is 4.98 Å². The normalized spacial score (nSPS) is 19.3. The maximum Gasteiger partial charge on any atom is 0.288 e. The lowest BCUT2D eigenvalue weighted by Crippen LogP contribution is -2.34. The van der Waals surface area contributed by atoms with Gasteiger partial charge in [0.25, 0.3) is 5.69 Å². The molecule has 92 valence electrons. The molecular weight excluding hydrogens is 288 g/mol. The molecule has 0 bridgehead atoms. The van der Waals surface area contributed by atoms with Crippen LogP contribution in [0.4, 0.5) is 11.5 Å². The van der Waals surface area contributed by atoms with Gasteiger partial charge in [-0.05, 0) is 28.9 Å². The van der Waals surface area contributed by atoms with Gasteiger partial charge in [0, 0.05) is 25.7 Å². The molecule has 0 amide bonds. The minimum atomic E-state index is -0.446. The molecule has 7 heteroatoms. The number of hydrogen-bond acceptors (Lipinski definition) is 5. The highest BCUT2D eigenvalue weighted by Crippen LogP contribution is 2.28. The van der Waals surface area contributed by atoms with Crippen LogP contribution in [-0.2, 0) is 0 Å². The average Bonchev–Trinajstić information content (AvgIpc) is 2.81. The summed E-state index contributed by atoms with van der Waals surface area (Å²) in [5.74, 6) is 0.740. The van der Waals surface area contributed by atoms with Crippen LogP contribution in [0.25, 0.3) is 0 Å². The van der Waals surface area contributed by atoms with Gasteiger partial charge in [-0.15, -0.1) is 0 Å². The summed E-state index contributed by atoms with van der Waals surface area (Å²) in [5, 5.41) is 13.9. The summed E-state index contributed by atoms with van der Waals surface area (Å²) in [6, 6.07) is 1.88. The number of anilines is 1. The van der Waals surface area contributed by atoms with Crippen molar-refractivity contribution in [2.75, 3.05) is 25.0 Å². The van der Waals surface area contributed by atoms with E-state index in [1.54, 1.807) is 0 Å². The van der Waals surface area contributed by atoms with Crippen molar-refractivity contribution >= 4 is 27.4 Å². The van der Waals surface area contributed by atoms with Crippen LogP contribution < -0.4 is 10.2 Å². The third-order valence-electron chi connectivity index (χ3n) is 2.93. The molecule has 0 spiro atoms. The fourth-order valence-corrected chi connectivity index (χ4v) is 2.54. The summed E-state index contributed by atoms with van der Waals surface area (Å²) >= 11 is 3.33. The Morgan fingerprint density at radius 3 is 3.00 bits per heavy atom. The number of nitrogens with one attached hydrogen (secondary N) is 1. The van der Waals surface area contributed by atoms with Crippen LogP contribution in [0.2, 0.25) is 0 Å². The highest BCUT2D eigenvalue weighted by molar-refractivity contribution is 9.10. The molecule has 1 atom stereocenters. The van der Waals surface area contributed by atoms with E-state index in [-0.39, 0.29) is 5.69 Å². The first-order valence-electron chi connectivity index (χ1n) is 5.33. The standard InChI is InChI=1S/C10H13BrN4O2/c1-14(7-2-3-12-5-7)10-9(11)4-8(6-13-10)15(16)17/h4,6-7,12H,2-3,5H2,1H3. The second-order valence-corrected chi connectivity index (χ2v) is 4.87. The van der Waals surface area contributed by atoms with Crippen molar-refractivity contribution in [1.82, 2.24) is 10.3 Å². The Labute approximate surface area is 107 Å². The zero-order valence-electron chi connectivity index (χ0n) is 9.39. The van der Waals surface area contributed by atoms with Crippen LogP contribution in [0, 0.1) is 10.1 Å². The molecule has 6 nitrogen and oxygen atoms in total. The molecule has 0 aliphatic carbocycles. The summed E-state index contributed by atoms with van der Waals surface area (Å²) < 4.78 is 0.654. The van der Waals surface area contributed by atoms with Crippen molar-refractivity contribution < 1.29 is 4.92 Å². The Morgan fingerprint density at radius 1 is 1.71 bits per heavy atom. The Bertz CT molecular complexity index is 434. The van der Waals surface area contributed by atoms with Crippen LogP contribution in [0.15, 0.2) is 16.7 Å². The maximum atomic E-state index is 10.6. The molecule has 1 N–H and O–H groups in total. The summed E-state index contributed by atoms with van der Waals surface area (Å²) in [6.07, 6.45) is 2.35. The smallest absolute Gasteiger partial charge is 0.288 e. The fraction of sp³-hybridized carbons (Fsp3) is 0.500. The number of likely N-dealkylation sites (N-methyl/N-ethyl adjacent to an activating group) is 1. The van der Waals surface area contributed by atoms with Crippen LogP contribution >= 0.6 is 15.9 Å². The Balaban J connectivity index is 2.23. The zero-order chi connectivity index (χ0) is 12.4. The van der Waals surface area contributed by atoms with E-state index in [0.717, 1.165) is 25.3 Å². The predicted octanol–water partition coefficient (Wildman–Crippen LogP) is 1.55. The van der Waals surface area contributed by atoms with Crippen LogP contribution in [0.5, 0.6) is 0 Å². The van der Waals surface area contributed by atoms with E-state index in [1.165, 1.54) is 12.3 Å². The van der Waals surface area contributed by atoms with E-state index in [9.17, 15) is 10.1 Å². The van der Waals surface area contributed by atoms with E-state index < -0.39 is 4.92 Å². The van der Waals surface area contributed by atoms with E-state index >= 15 is 0 Å². The molecule has 0 radical (unpaired) electrons. The number of rotatable bonds is 3. The van der Waals surface area contributed by atoms with E-state index in [4.69, 9.17) is 0 Å². The second-order valence-electron chi connectivity index (χ2n) is 4.01. The minimum Gasteiger partial charge on any atom is -0.354 e. The summed E-state index contributed by atoms with van der Waals surface area (Å²) in [6.45, 7) is 1.92. The van der Waals surface area contributed by atoms with Crippen molar-refractivity contribution in [2.45, 2.75) is 12.5 Å². The summed E-state index contributed by atoms with van der Waals surface area (Å²) in [4.78, 5) is 16.4. The van der Waals surface area contributed by atoms with Crippen molar-refractivity contribution in [3.63, 3.8) is 0 Å². The largest absolute Gasteiger partial charge is 0.354 e. The fourth-order valence-electron chi connectivity index (χ4n) is 1.92. The van der Waals surface area contributed by atoms with Gasteiger partial charge in [0.05, 0.1) is 9.40 Å². The first-order chi connectivity index (χ1) is 8.09. The quantitative estimate of drug-likeness (QED) is 0.677. The molecule has 1 unspecified atom stereocenters. The topological polar surface area (TPSA) is 71.3 Å². The molecule has 0 aromatic carbocycles. The van der Waals surface area contributed by atoms with Crippen LogP contribution in [0.3, 0.4) is 0 Å². The van der Waals surface area contributed by atoms with E-state index in [1.807, 2.05) is 11.9 Å². The van der Waals surface area contributed by atoms with Gasteiger partial charge in [0.15, 0.2) is 0 Å². The zero-order valence-corrected chi connectivity index (χ0v) is 11.0. The molecule has 1 aromatic heterocycles. The third-order valence-corrected chi connectivity index (χ3v) is 3.52. The van der Waals surface area contributed by atoms with Gasteiger partial charge in [-0.1, -0.05) is 0 Å². The lowest BCUT2D eigenvalue weighted by molar-refractivity contribution is -0.385. The molecule has 0 saturated carbocycles. The highest BCUT2D eigenvalue weighted by atomic mass is 79.9. The monoisotopic (exact) mass is 300 g/mol. The Hall–Kier alpha value is -1.21. The van der Waals surface area contributed by atoms with Crippen molar-refractivity contribution in [1.29, 1.82) is 0 Å². The summed E-state index contributed by atoms with van der Waals surface area (Å²) in [5.41, 5.74) is -0.00132. The van der Waals surface area contributed by atoms with Gasteiger partial charge in [-0.2, -0.15) is 0 Å². The maximum absolute atomic E-state index is 10.6. The van der Waals surface area contributed by atoms with Crippen molar-refractivity contribution in [3.05, 3.63) is 26.9 Å². The minimum absolute atomic E-state index is 0.00132. The van der Waals surface area contributed by atoms with Gasteiger partial charge >= 0.3 is 0 Å². The number of pyridine rings is 1. The first kappa shape index (κ1) is 12.3. The van der Waals surface area contributed by atoms with Crippen molar-refractivity contribution in [2.24, 2.45) is 0 Å². The lowest BCUT2D eigenvalue weighted by Gasteiger charge is -2.25. The second kappa shape index (κ2) is 4.97. The third kappa shape index (κ3) is 2.55. The lowest BCUT2D eigenvalue weighted by atomic mass is 10.2. The average molecular weight is 301 g/mol. The number of nitro groups is 1. The Morgan fingerprint density at radius 2 is 2.47 bits per heavy atom. The molecular formula is C10H13BrN4O2. The number of halogens is 1. The van der Waals surface area contributed by atoms with Crippen molar-refractivity contribution in [3.8, 4) is 0 Å². The van der Waals surface area contributed by atoms with E-state index in [2.05, 4.69) is 26.2 Å². The van der Waals surface area contributed by atoms with Gasteiger partial charge in [-0.3, -0.25) is 10.1 Å². The van der Waals surface area contributed by atoms with Gasteiger partial charge < -0.3 is 10.2 Å². The molecule has 2 heterocycles. The number of nitrogens with zero attached hydrogens (tertiary/aromatic N) is 3. The molecule has 1 aromatic rings. The molecule has 17 heavy (non-hydrogen) atoms. The number of hydrogen-bond donors (Lipinski definition) is 1. The Kier molecular flexibility index (Phi) is 3.58. The molecule has 2 rings (SSSR count). The molecule has 1 aliphatic rings. The SMILES string of the molecule is CN(c1ncc([N+](=O)[O-])cc1Br)C1CCNC1. The highest BCUT2D eigenvalue weighted by Gasteiger charge is 2.22. The van der Waals surface area contributed by atoms with Gasteiger partial charge in [0.2, 0.25) is 0 Å². The number of aromatic nitrogens is 1. The molecule has 1 aliphatic heterocycles. The van der Waals surface area contributed by atoms with Crippen LogP contribution in [-0.4, -0.2) is 36.1 Å². The van der Waals surface area contributed by atoms with Gasteiger partial charge in [0.1, 0.15) is 12.0 Å². The van der Waals surface area contributed by atoms with E-state index in [0.29, 0.717) is 10.5 Å². The van der Waals surface area contributed by atoms with Crippen LogP contribution in [0.1, 0.15) is 6.42 Å². The first-order valence-corrected chi connectivity index (χ1v) is 6.12. The molecule has 1 fully saturated rings. The molecule has 1 saturated heterocycles. The summed E-state index contributed by atoms with van der Waals surface area (Å²) in [7, 11) is 1.95.